The van der Waals surface area contributed by atoms with Crippen LogP contribution in [0.15, 0.2) is 47.4 Å². The van der Waals surface area contributed by atoms with Gasteiger partial charge in [-0.1, -0.05) is 19.4 Å². The Morgan fingerprint density at radius 2 is 1.13 bits per heavy atom. The SMILES string of the molecule is CC(F)(F)c1cc(NC(=O)Nc2ccc(S(F)(F)(F)(F)F)cc2)cc(C(C)(F)F)c1. The van der Waals surface area contributed by atoms with E-state index >= 15 is 0 Å². The summed E-state index contributed by atoms with van der Waals surface area (Å²) in [5.41, 5.74) is -2.39. The highest BCUT2D eigenvalue weighted by atomic mass is 32.5. The Morgan fingerprint density at radius 1 is 0.733 bits per heavy atom. The van der Waals surface area contributed by atoms with Crippen LogP contribution in [0.3, 0.4) is 0 Å². The topological polar surface area (TPSA) is 41.1 Å². The summed E-state index contributed by atoms with van der Waals surface area (Å²) in [6.45, 7) is 0.925. The highest BCUT2D eigenvalue weighted by Crippen LogP contribution is 3.02. The largest absolute Gasteiger partial charge is 0.323 e. The van der Waals surface area contributed by atoms with Crippen LogP contribution in [0.5, 0.6) is 0 Å². The molecule has 0 atom stereocenters. The van der Waals surface area contributed by atoms with E-state index in [4.69, 9.17) is 0 Å². The minimum atomic E-state index is -9.88. The summed E-state index contributed by atoms with van der Waals surface area (Å²) in [7, 11) is -9.88. The maximum atomic E-state index is 13.6. The number of amides is 2. The molecule has 0 unspecified atom stereocenters. The van der Waals surface area contributed by atoms with E-state index in [2.05, 4.69) is 0 Å². The lowest BCUT2D eigenvalue weighted by Gasteiger charge is -2.40. The second kappa shape index (κ2) is 6.46. The molecule has 3 nitrogen and oxygen atoms in total. The number of benzene rings is 2. The molecule has 0 bridgehead atoms. The van der Waals surface area contributed by atoms with Gasteiger partial charge in [0.2, 0.25) is 0 Å². The van der Waals surface area contributed by atoms with E-state index < -0.39 is 49.8 Å². The number of rotatable bonds is 5. The van der Waals surface area contributed by atoms with Crippen LogP contribution in [0.2, 0.25) is 0 Å². The monoisotopic (exact) mass is 466 g/mol. The molecule has 2 amide bonds. The van der Waals surface area contributed by atoms with E-state index in [1.807, 2.05) is 10.6 Å². The number of alkyl halides is 4. The molecule has 2 rings (SSSR count). The van der Waals surface area contributed by atoms with E-state index in [-0.39, 0.29) is 17.8 Å². The Hall–Kier alpha value is -2.57. The third kappa shape index (κ3) is 6.21. The summed E-state index contributed by atoms with van der Waals surface area (Å²) in [5, 5.41) is 3.98. The normalized spacial score (nSPS) is 15.2. The molecule has 0 fully saturated rings. The molecule has 0 saturated heterocycles. The molecule has 2 aromatic rings. The molecule has 13 heteroatoms. The Morgan fingerprint density at radius 3 is 1.50 bits per heavy atom. The Kier molecular flexibility index (Phi) is 5.11. The van der Waals surface area contributed by atoms with Gasteiger partial charge in [-0.05, 0) is 42.5 Å². The number of urea groups is 1. The number of halogens is 9. The summed E-state index contributed by atoms with van der Waals surface area (Å²) in [6.07, 6.45) is 0. The van der Waals surface area contributed by atoms with E-state index in [1.54, 1.807) is 0 Å². The van der Waals surface area contributed by atoms with E-state index in [9.17, 15) is 41.8 Å². The van der Waals surface area contributed by atoms with Gasteiger partial charge >= 0.3 is 16.3 Å². The van der Waals surface area contributed by atoms with Gasteiger partial charge in [0.25, 0.3) is 11.8 Å². The average Bonchev–Trinajstić information content (AvgIpc) is 2.51. The quantitative estimate of drug-likeness (QED) is 0.429. The molecular weight excluding hydrogens is 451 g/mol. The summed E-state index contributed by atoms with van der Waals surface area (Å²) < 4.78 is 118. The molecule has 0 radical (unpaired) electrons. The first kappa shape index (κ1) is 23.7. The molecule has 168 valence electrons. The van der Waals surface area contributed by atoms with Crippen molar-refractivity contribution in [2.45, 2.75) is 30.6 Å². The lowest BCUT2D eigenvalue weighted by atomic mass is 10.0. The fourth-order valence-corrected chi connectivity index (χ4v) is 2.95. The number of carbonyl (C=O) groups is 1. The van der Waals surface area contributed by atoms with Gasteiger partial charge in [0.1, 0.15) is 4.90 Å². The van der Waals surface area contributed by atoms with Gasteiger partial charge < -0.3 is 10.6 Å². The Labute approximate surface area is 165 Å². The minimum absolute atomic E-state index is 0.0607. The third-order valence-corrected chi connectivity index (χ3v) is 4.93. The van der Waals surface area contributed by atoms with Gasteiger partial charge in [0.05, 0.1) is 0 Å². The van der Waals surface area contributed by atoms with Crippen LogP contribution in [-0.2, 0) is 11.8 Å². The van der Waals surface area contributed by atoms with Crippen molar-refractivity contribution in [3.8, 4) is 0 Å². The first-order valence-electron chi connectivity index (χ1n) is 7.99. The second-order valence-corrected chi connectivity index (χ2v) is 9.06. The predicted octanol–water partition coefficient (Wildman–Crippen LogP) is 8.21. The predicted molar refractivity (Wildman–Crippen MR) is 96.1 cm³/mol. The van der Waals surface area contributed by atoms with Crippen molar-refractivity contribution < 1.29 is 41.8 Å². The molecule has 0 aliphatic heterocycles. The molecule has 0 spiro atoms. The van der Waals surface area contributed by atoms with Crippen LogP contribution in [0, 0.1) is 0 Å². The van der Waals surface area contributed by atoms with Crippen molar-refractivity contribution >= 4 is 27.6 Å². The summed E-state index contributed by atoms with van der Waals surface area (Å²) in [5.74, 6) is -7.01. The van der Waals surface area contributed by atoms with E-state index in [1.165, 1.54) is 0 Å². The minimum Gasteiger partial charge on any atom is -0.308 e. The molecule has 2 N–H and O–H groups in total. The van der Waals surface area contributed by atoms with Gasteiger partial charge in [0.15, 0.2) is 0 Å². The van der Waals surface area contributed by atoms with Gasteiger partial charge in [0, 0.05) is 36.3 Å². The number of hydrogen-bond donors (Lipinski definition) is 2. The van der Waals surface area contributed by atoms with Crippen molar-refractivity contribution in [2.75, 3.05) is 10.6 Å². The van der Waals surface area contributed by atoms with Crippen LogP contribution in [0.4, 0.5) is 53.2 Å². The maximum Gasteiger partial charge on any atom is 0.323 e. The van der Waals surface area contributed by atoms with Gasteiger partial charge in [-0.2, -0.15) is 0 Å². The molecule has 2 aromatic carbocycles. The molecule has 0 heterocycles. The highest BCUT2D eigenvalue weighted by Gasteiger charge is 2.65. The van der Waals surface area contributed by atoms with Crippen LogP contribution in [-0.4, -0.2) is 6.03 Å². The van der Waals surface area contributed by atoms with Crippen molar-refractivity contribution in [3.05, 3.63) is 53.6 Å². The summed E-state index contributed by atoms with van der Waals surface area (Å²) in [6, 6.07) is 2.09. The van der Waals surface area contributed by atoms with Gasteiger partial charge in [-0.25, -0.2) is 22.4 Å². The van der Waals surface area contributed by atoms with Crippen molar-refractivity contribution in [1.82, 2.24) is 0 Å². The highest BCUT2D eigenvalue weighted by molar-refractivity contribution is 8.45. The number of anilines is 2. The van der Waals surface area contributed by atoms with Gasteiger partial charge in [-0.3, -0.25) is 0 Å². The van der Waals surface area contributed by atoms with Crippen molar-refractivity contribution in [2.24, 2.45) is 0 Å². The van der Waals surface area contributed by atoms with E-state index in [0.29, 0.717) is 32.0 Å². The zero-order valence-corrected chi connectivity index (χ0v) is 16.1. The first-order chi connectivity index (χ1) is 13.1. The molecule has 0 aromatic heterocycles. The zero-order chi connectivity index (χ0) is 23.2. The van der Waals surface area contributed by atoms with E-state index in [0.717, 1.165) is 12.1 Å². The van der Waals surface area contributed by atoms with Crippen LogP contribution in [0.25, 0.3) is 0 Å². The number of carbonyl (C=O) groups excluding carboxylic acids is 1. The third-order valence-electron chi connectivity index (χ3n) is 3.76. The van der Waals surface area contributed by atoms with Crippen LogP contribution in [0.1, 0.15) is 25.0 Å². The molecule has 0 aliphatic carbocycles. The lowest BCUT2D eigenvalue weighted by Crippen LogP contribution is -2.21. The number of hydrogen-bond acceptors (Lipinski definition) is 1. The first-order valence-corrected chi connectivity index (χ1v) is 9.94. The molecule has 30 heavy (non-hydrogen) atoms. The standard InChI is InChI=1S/C17H15F9N2OS/c1-16(18,19)10-7-11(17(2,20)21)9-13(8-10)28-15(29)27-12-3-5-14(6-4-12)30(22,23,24,25)26/h3-9H,1-2H3,(H2,27,28,29). The summed E-state index contributed by atoms with van der Waals surface area (Å²) in [4.78, 5) is 9.78. The Balaban J connectivity index is 2.25. The van der Waals surface area contributed by atoms with Crippen molar-refractivity contribution in [3.63, 3.8) is 0 Å². The average molecular weight is 466 g/mol. The fraction of sp³-hybridized carbons (Fsp3) is 0.235. The lowest BCUT2D eigenvalue weighted by molar-refractivity contribution is 0.0106. The zero-order valence-electron chi connectivity index (χ0n) is 15.3. The summed E-state index contributed by atoms with van der Waals surface area (Å²) >= 11 is 0. The van der Waals surface area contributed by atoms with Crippen LogP contribution >= 0.6 is 10.2 Å². The number of nitrogens with one attached hydrogen (secondary N) is 2. The smallest absolute Gasteiger partial charge is 0.308 e. The second-order valence-electron chi connectivity index (χ2n) is 6.65. The maximum absolute atomic E-state index is 13.6. The Bertz CT molecular complexity index is 931. The van der Waals surface area contributed by atoms with Crippen molar-refractivity contribution in [1.29, 1.82) is 0 Å². The van der Waals surface area contributed by atoms with Gasteiger partial charge in [-0.15, -0.1) is 0 Å². The fourth-order valence-electron chi connectivity index (χ4n) is 2.30. The molecular formula is C17H15F9N2OS. The molecule has 0 saturated carbocycles. The molecule has 0 aliphatic rings. The van der Waals surface area contributed by atoms with Crippen LogP contribution < -0.4 is 10.6 Å².